The van der Waals surface area contributed by atoms with Crippen LogP contribution in [0.15, 0.2) is 102 Å². The van der Waals surface area contributed by atoms with E-state index in [-0.39, 0.29) is 4.90 Å². The number of fused-ring (bicyclic) bond motifs is 4. The van der Waals surface area contributed by atoms with Crippen LogP contribution in [-0.4, -0.2) is 8.42 Å². The SMILES string of the molecule is O=S(=O)(O[I+]c1cccc2c1-c1ccccc1-2)c1ccc2ccc3cccc4ccc1c2c34. The molecule has 0 heterocycles. The minimum Gasteiger partial charge on any atom is -0.190 e. The van der Waals surface area contributed by atoms with Crippen LogP contribution in [-0.2, 0) is 12.6 Å². The van der Waals surface area contributed by atoms with Crippen LogP contribution in [0.1, 0.15) is 0 Å². The first-order chi connectivity index (χ1) is 16.1. The molecule has 6 aromatic carbocycles. The lowest BCUT2D eigenvalue weighted by molar-refractivity contribution is -0.836. The highest BCUT2D eigenvalue weighted by molar-refractivity contribution is 7.86. The third-order valence-corrected chi connectivity index (χ3v) is 10.9. The molecule has 0 fully saturated rings. The van der Waals surface area contributed by atoms with E-state index < -0.39 is 31.7 Å². The molecule has 1 aliphatic rings. The molecule has 33 heavy (non-hydrogen) atoms. The highest BCUT2D eigenvalue weighted by Crippen LogP contribution is 2.46. The lowest BCUT2D eigenvalue weighted by Gasteiger charge is -2.22. The monoisotopic (exact) mass is 559 g/mol. The molecule has 0 unspecified atom stereocenters. The Hall–Kier alpha value is -3.00. The van der Waals surface area contributed by atoms with E-state index >= 15 is 0 Å². The Labute approximate surface area is 201 Å². The van der Waals surface area contributed by atoms with Crippen LogP contribution in [0.4, 0.5) is 0 Å². The van der Waals surface area contributed by atoms with Crippen molar-refractivity contribution < 1.29 is 32.6 Å². The molecule has 158 valence electrons. The topological polar surface area (TPSA) is 43.4 Å². The van der Waals surface area contributed by atoms with E-state index in [0.717, 1.165) is 36.1 Å². The first-order valence-corrected chi connectivity index (χ1v) is 14.0. The Morgan fingerprint density at radius 3 is 2.03 bits per heavy atom. The number of rotatable bonds is 4. The average Bonchev–Trinajstić information content (AvgIpc) is 2.84. The maximum absolute atomic E-state index is 13.4. The van der Waals surface area contributed by atoms with Gasteiger partial charge in [-0.25, -0.2) is 0 Å². The van der Waals surface area contributed by atoms with E-state index in [1.807, 2.05) is 48.5 Å². The summed E-state index contributed by atoms with van der Waals surface area (Å²) in [4.78, 5) is 0.239. The van der Waals surface area contributed by atoms with E-state index in [1.165, 1.54) is 16.7 Å². The molecule has 0 saturated carbocycles. The molecule has 0 aliphatic heterocycles. The lowest BCUT2D eigenvalue weighted by Crippen LogP contribution is -3.62. The van der Waals surface area contributed by atoms with Gasteiger partial charge in [-0.15, -0.1) is 0 Å². The van der Waals surface area contributed by atoms with Crippen molar-refractivity contribution in [2.75, 3.05) is 0 Å². The zero-order valence-electron chi connectivity index (χ0n) is 17.2. The van der Waals surface area contributed by atoms with Crippen LogP contribution in [0.3, 0.4) is 0 Å². The Morgan fingerprint density at radius 1 is 0.576 bits per heavy atom. The van der Waals surface area contributed by atoms with Crippen molar-refractivity contribution in [1.29, 1.82) is 0 Å². The summed E-state index contributed by atoms with van der Waals surface area (Å²) in [5.41, 5.74) is 4.69. The lowest BCUT2D eigenvalue weighted by atomic mass is 9.81. The first kappa shape index (κ1) is 19.5. The number of halogens is 1. The predicted octanol–water partition coefficient (Wildman–Crippen LogP) is 3.81. The summed E-state index contributed by atoms with van der Waals surface area (Å²) >= 11 is -1.20. The van der Waals surface area contributed by atoms with Gasteiger partial charge in [-0.2, -0.15) is 8.42 Å². The Kier molecular flexibility index (Phi) is 4.13. The van der Waals surface area contributed by atoms with Gasteiger partial charge in [0, 0.05) is 10.9 Å². The normalized spacial score (nSPS) is 12.7. The first-order valence-electron chi connectivity index (χ1n) is 10.6. The fraction of sp³-hybridized carbons (Fsp3) is 0. The van der Waals surface area contributed by atoms with Crippen LogP contribution in [0.5, 0.6) is 0 Å². The number of benzene rings is 6. The van der Waals surface area contributed by atoms with Gasteiger partial charge < -0.3 is 0 Å². The maximum Gasteiger partial charge on any atom is 0.541 e. The van der Waals surface area contributed by atoms with Gasteiger partial charge in [0.25, 0.3) is 0 Å². The fourth-order valence-electron chi connectivity index (χ4n) is 5.00. The Bertz CT molecular complexity index is 1820. The van der Waals surface area contributed by atoms with Crippen LogP contribution in [0.2, 0.25) is 0 Å². The quantitative estimate of drug-likeness (QED) is 0.244. The fourth-order valence-corrected chi connectivity index (χ4v) is 8.92. The molecule has 7 rings (SSSR count). The van der Waals surface area contributed by atoms with E-state index in [0.29, 0.717) is 5.39 Å². The molecule has 0 spiro atoms. The van der Waals surface area contributed by atoms with Crippen molar-refractivity contribution in [2.24, 2.45) is 0 Å². The minimum absolute atomic E-state index is 0.239. The molecule has 0 aromatic heterocycles. The molecule has 0 saturated heterocycles. The molecule has 0 N–H and O–H groups in total. The molecule has 0 radical (unpaired) electrons. The van der Waals surface area contributed by atoms with Crippen molar-refractivity contribution in [3.63, 3.8) is 0 Å². The largest absolute Gasteiger partial charge is 0.541 e. The molecular weight excluding hydrogens is 543 g/mol. The third-order valence-electron chi connectivity index (χ3n) is 6.46. The standard InChI is InChI=1S/C28H16IO3S/c30-33(31,32-29-24-10-4-9-22-20-7-1-2-8-21(20)28(22)24)25-16-14-19-12-11-17-5-3-6-18-13-15-23(25)27(19)26(17)18/h1-16H/q+1. The van der Waals surface area contributed by atoms with Crippen molar-refractivity contribution in [1.82, 2.24) is 0 Å². The van der Waals surface area contributed by atoms with Crippen molar-refractivity contribution in [3.8, 4) is 22.3 Å². The van der Waals surface area contributed by atoms with E-state index in [1.54, 1.807) is 6.07 Å². The highest BCUT2D eigenvalue weighted by atomic mass is 127. The van der Waals surface area contributed by atoms with Gasteiger partial charge in [0.2, 0.25) is 3.57 Å². The van der Waals surface area contributed by atoms with Gasteiger partial charge in [-0.1, -0.05) is 84.9 Å². The number of hydrogen-bond acceptors (Lipinski definition) is 3. The maximum atomic E-state index is 13.4. The summed E-state index contributed by atoms with van der Waals surface area (Å²) in [7, 11) is -3.92. The van der Waals surface area contributed by atoms with Gasteiger partial charge in [0.15, 0.2) is 0 Å². The van der Waals surface area contributed by atoms with Gasteiger partial charge in [0.05, 0.1) is 0 Å². The van der Waals surface area contributed by atoms with Crippen molar-refractivity contribution >= 4 is 42.4 Å². The van der Waals surface area contributed by atoms with E-state index in [4.69, 9.17) is 2.51 Å². The molecule has 3 nitrogen and oxygen atoms in total. The Balaban J connectivity index is 1.31. The molecular formula is C28H16IO3S+. The molecule has 0 amide bonds. The van der Waals surface area contributed by atoms with Gasteiger partial charge >= 0.3 is 31.7 Å². The van der Waals surface area contributed by atoms with Crippen LogP contribution in [0.25, 0.3) is 54.6 Å². The summed E-state index contributed by atoms with van der Waals surface area (Å²) in [5.74, 6) is 0. The van der Waals surface area contributed by atoms with E-state index in [9.17, 15) is 8.42 Å². The summed E-state index contributed by atoms with van der Waals surface area (Å²) in [6.07, 6.45) is 0. The van der Waals surface area contributed by atoms with Crippen LogP contribution >= 0.6 is 0 Å². The summed E-state index contributed by atoms with van der Waals surface area (Å²) in [6, 6.07) is 32.0. The molecule has 5 heteroatoms. The zero-order valence-corrected chi connectivity index (χ0v) is 20.2. The second-order valence-corrected chi connectivity index (χ2v) is 12.4. The summed E-state index contributed by atoms with van der Waals surface area (Å²) in [6.45, 7) is 0. The summed E-state index contributed by atoms with van der Waals surface area (Å²) < 4.78 is 33.6. The molecule has 0 bridgehead atoms. The second-order valence-electron chi connectivity index (χ2n) is 8.22. The Morgan fingerprint density at radius 2 is 1.21 bits per heavy atom. The van der Waals surface area contributed by atoms with Gasteiger partial charge in [0.1, 0.15) is 4.90 Å². The van der Waals surface area contributed by atoms with Crippen molar-refractivity contribution in [2.45, 2.75) is 4.90 Å². The van der Waals surface area contributed by atoms with Crippen molar-refractivity contribution in [3.05, 3.63) is 101 Å². The van der Waals surface area contributed by atoms with Crippen LogP contribution in [0, 0.1) is 3.57 Å². The predicted molar refractivity (Wildman–Crippen MR) is 128 cm³/mol. The molecule has 6 aromatic rings. The van der Waals surface area contributed by atoms with Gasteiger partial charge in [-0.05, 0) is 58.3 Å². The van der Waals surface area contributed by atoms with Crippen LogP contribution < -0.4 is 21.6 Å². The smallest absolute Gasteiger partial charge is 0.190 e. The minimum atomic E-state index is -3.92. The highest BCUT2D eigenvalue weighted by Gasteiger charge is 2.36. The third kappa shape index (κ3) is 2.79. The van der Waals surface area contributed by atoms with Gasteiger partial charge in [-0.3, -0.25) is 0 Å². The zero-order chi connectivity index (χ0) is 22.2. The second kappa shape index (κ2) is 7.00. The van der Waals surface area contributed by atoms with E-state index in [2.05, 4.69) is 42.5 Å². The molecule has 0 atom stereocenters. The summed E-state index contributed by atoms with van der Waals surface area (Å²) in [5, 5.41) is 6.04. The molecule has 1 aliphatic carbocycles. The average molecular weight is 559 g/mol. The number of hydrogen-bond donors (Lipinski definition) is 0.